The minimum Gasteiger partial charge on any atom is -0.396 e. The Labute approximate surface area is 127 Å². The van der Waals surface area contributed by atoms with Crippen LogP contribution >= 0.6 is 0 Å². The zero-order chi connectivity index (χ0) is 16.0. The molecule has 0 heterocycles. The average Bonchev–Trinajstić information content (AvgIpc) is 2.38. The number of anilines is 1. The number of hydrogen-bond donors (Lipinski definition) is 2. The number of rotatable bonds is 8. The molecule has 0 aliphatic heterocycles. The van der Waals surface area contributed by atoms with Gasteiger partial charge in [-0.3, -0.25) is 0 Å². The van der Waals surface area contributed by atoms with E-state index in [2.05, 4.69) is 11.6 Å². The molecule has 0 bridgehead atoms. The standard InChI is InChI=1S/C15H25FN2O2S/c1-4-5-6-7-8-12(3)18-21(19,20)15-10-14(17)13(16)9-11(15)2/h9-10,12,18H,4-8,17H2,1-3H3. The Hall–Kier alpha value is -1.14. The van der Waals surface area contributed by atoms with E-state index in [1.54, 1.807) is 6.92 Å². The quantitative estimate of drug-likeness (QED) is 0.570. The van der Waals surface area contributed by atoms with Crippen molar-refractivity contribution in [2.24, 2.45) is 0 Å². The second-order valence-electron chi connectivity index (χ2n) is 5.51. The van der Waals surface area contributed by atoms with Gasteiger partial charge in [-0.1, -0.05) is 32.6 Å². The molecule has 0 aliphatic carbocycles. The van der Waals surface area contributed by atoms with E-state index in [9.17, 15) is 12.8 Å². The highest BCUT2D eigenvalue weighted by Crippen LogP contribution is 2.22. The molecule has 1 aromatic carbocycles. The predicted molar refractivity (Wildman–Crippen MR) is 84.1 cm³/mol. The molecule has 21 heavy (non-hydrogen) atoms. The monoisotopic (exact) mass is 316 g/mol. The number of nitrogen functional groups attached to an aromatic ring is 1. The summed E-state index contributed by atoms with van der Waals surface area (Å²) in [6, 6.07) is 2.17. The fraction of sp³-hybridized carbons (Fsp3) is 0.600. The zero-order valence-corrected chi connectivity index (χ0v) is 13.8. The van der Waals surface area contributed by atoms with Gasteiger partial charge in [0.2, 0.25) is 10.0 Å². The van der Waals surface area contributed by atoms with Gasteiger partial charge in [0.15, 0.2) is 0 Å². The Bertz CT molecular complexity index is 573. The first kappa shape index (κ1) is 17.9. The molecule has 1 atom stereocenters. The lowest BCUT2D eigenvalue weighted by Gasteiger charge is -2.16. The van der Waals surface area contributed by atoms with Crippen LogP contribution in [0.3, 0.4) is 0 Å². The lowest BCUT2D eigenvalue weighted by molar-refractivity contribution is 0.521. The van der Waals surface area contributed by atoms with Gasteiger partial charge in [0.05, 0.1) is 10.6 Å². The minimum absolute atomic E-state index is 0.0433. The average molecular weight is 316 g/mol. The lowest BCUT2D eigenvalue weighted by atomic mass is 10.1. The van der Waals surface area contributed by atoms with Crippen LogP contribution in [0.5, 0.6) is 0 Å². The first-order valence-corrected chi connectivity index (χ1v) is 8.84. The first-order valence-electron chi connectivity index (χ1n) is 7.36. The Morgan fingerprint density at radius 1 is 1.29 bits per heavy atom. The highest BCUT2D eigenvalue weighted by molar-refractivity contribution is 7.89. The number of hydrogen-bond acceptors (Lipinski definition) is 3. The number of sulfonamides is 1. The van der Waals surface area contributed by atoms with Crippen molar-refractivity contribution in [3.63, 3.8) is 0 Å². The first-order chi connectivity index (χ1) is 9.77. The van der Waals surface area contributed by atoms with E-state index in [4.69, 9.17) is 5.73 Å². The van der Waals surface area contributed by atoms with E-state index in [0.29, 0.717) is 5.56 Å². The number of unbranched alkanes of at least 4 members (excludes halogenated alkanes) is 3. The van der Waals surface area contributed by atoms with Gasteiger partial charge in [-0.25, -0.2) is 17.5 Å². The van der Waals surface area contributed by atoms with E-state index in [1.807, 2.05) is 6.92 Å². The molecule has 0 spiro atoms. The summed E-state index contributed by atoms with van der Waals surface area (Å²) in [5, 5.41) is 0. The van der Waals surface area contributed by atoms with Crippen molar-refractivity contribution in [3.8, 4) is 0 Å². The van der Waals surface area contributed by atoms with Gasteiger partial charge in [-0.05, 0) is 38.0 Å². The van der Waals surface area contributed by atoms with Crippen LogP contribution in [-0.2, 0) is 10.0 Å². The number of aryl methyl sites for hydroxylation is 1. The van der Waals surface area contributed by atoms with Crippen molar-refractivity contribution in [3.05, 3.63) is 23.5 Å². The number of halogens is 1. The number of benzene rings is 1. The molecular weight excluding hydrogens is 291 g/mol. The van der Waals surface area contributed by atoms with Crippen LogP contribution < -0.4 is 10.5 Å². The zero-order valence-electron chi connectivity index (χ0n) is 12.9. The summed E-state index contributed by atoms with van der Waals surface area (Å²) >= 11 is 0. The van der Waals surface area contributed by atoms with Gasteiger partial charge >= 0.3 is 0 Å². The lowest BCUT2D eigenvalue weighted by Crippen LogP contribution is -2.33. The Kier molecular flexibility index (Phi) is 6.61. The van der Waals surface area contributed by atoms with E-state index < -0.39 is 15.8 Å². The maximum Gasteiger partial charge on any atom is 0.241 e. The van der Waals surface area contributed by atoms with Crippen LogP contribution in [0.15, 0.2) is 17.0 Å². The van der Waals surface area contributed by atoms with Crippen molar-refractivity contribution in [1.82, 2.24) is 4.72 Å². The summed E-state index contributed by atoms with van der Waals surface area (Å²) in [5.41, 5.74) is 5.66. The molecular formula is C15H25FN2O2S. The molecule has 1 rings (SSSR count). The number of nitrogens with one attached hydrogen (secondary N) is 1. The highest BCUT2D eigenvalue weighted by Gasteiger charge is 2.20. The van der Waals surface area contributed by atoms with Crippen LogP contribution in [0.2, 0.25) is 0 Å². The molecule has 6 heteroatoms. The van der Waals surface area contributed by atoms with Crippen LogP contribution in [-0.4, -0.2) is 14.5 Å². The predicted octanol–water partition coefficient (Wildman–Crippen LogP) is 3.35. The van der Waals surface area contributed by atoms with E-state index in [1.165, 1.54) is 6.07 Å². The highest BCUT2D eigenvalue weighted by atomic mass is 32.2. The Morgan fingerprint density at radius 3 is 2.57 bits per heavy atom. The van der Waals surface area contributed by atoms with Crippen LogP contribution in [0.4, 0.5) is 10.1 Å². The molecule has 120 valence electrons. The third-order valence-electron chi connectivity index (χ3n) is 3.43. The molecule has 0 radical (unpaired) electrons. The van der Waals surface area contributed by atoms with Crippen LogP contribution in [0.25, 0.3) is 0 Å². The van der Waals surface area contributed by atoms with Crippen LogP contribution in [0.1, 0.15) is 51.5 Å². The fourth-order valence-electron chi connectivity index (χ4n) is 2.22. The van der Waals surface area contributed by atoms with Gasteiger partial charge in [0.1, 0.15) is 5.82 Å². The van der Waals surface area contributed by atoms with Crippen molar-refractivity contribution in [2.45, 2.75) is 63.8 Å². The molecule has 0 saturated heterocycles. The largest absolute Gasteiger partial charge is 0.396 e. The molecule has 1 unspecified atom stereocenters. The Morgan fingerprint density at radius 2 is 1.95 bits per heavy atom. The number of nitrogens with two attached hydrogens (primary N) is 1. The molecule has 4 nitrogen and oxygen atoms in total. The van der Waals surface area contributed by atoms with Crippen LogP contribution in [0, 0.1) is 12.7 Å². The van der Waals surface area contributed by atoms with Gasteiger partial charge in [-0.2, -0.15) is 0 Å². The van der Waals surface area contributed by atoms with Crippen molar-refractivity contribution in [1.29, 1.82) is 0 Å². The molecule has 0 fully saturated rings. The summed E-state index contributed by atoms with van der Waals surface area (Å²) in [7, 11) is -3.67. The SMILES string of the molecule is CCCCCCC(C)NS(=O)(=O)c1cc(N)c(F)cc1C. The smallest absolute Gasteiger partial charge is 0.241 e. The summed E-state index contributed by atoms with van der Waals surface area (Å²) in [5.74, 6) is -0.598. The van der Waals surface area contributed by atoms with Crippen molar-refractivity contribution < 1.29 is 12.8 Å². The fourth-order valence-corrected chi connectivity index (χ4v) is 3.76. The maximum atomic E-state index is 13.3. The van der Waals surface area contributed by atoms with Crippen molar-refractivity contribution >= 4 is 15.7 Å². The van der Waals surface area contributed by atoms with E-state index in [0.717, 1.165) is 38.2 Å². The third kappa shape index (κ3) is 5.28. The summed E-state index contributed by atoms with van der Waals surface area (Å²) in [4.78, 5) is 0.0433. The second kappa shape index (κ2) is 7.75. The minimum atomic E-state index is -3.67. The molecule has 0 amide bonds. The normalized spacial score (nSPS) is 13.3. The van der Waals surface area contributed by atoms with Gasteiger partial charge in [0, 0.05) is 6.04 Å². The molecule has 1 aromatic rings. The van der Waals surface area contributed by atoms with E-state index in [-0.39, 0.29) is 16.6 Å². The van der Waals surface area contributed by atoms with Crippen molar-refractivity contribution in [2.75, 3.05) is 5.73 Å². The Balaban J connectivity index is 2.75. The molecule has 0 aromatic heterocycles. The second-order valence-corrected chi connectivity index (χ2v) is 7.19. The van der Waals surface area contributed by atoms with Gasteiger partial charge in [-0.15, -0.1) is 0 Å². The third-order valence-corrected chi connectivity index (χ3v) is 5.16. The topological polar surface area (TPSA) is 72.2 Å². The van der Waals surface area contributed by atoms with Gasteiger partial charge < -0.3 is 5.73 Å². The molecule has 0 saturated carbocycles. The maximum absolute atomic E-state index is 13.3. The van der Waals surface area contributed by atoms with Gasteiger partial charge in [0.25, 0.3) is 0 Å². The summed E-state index contributed by atoms with van der Waals surface area (Å²) in [6.45, 7) is 5.53. The summed E-state index contributed by atoms with van der Waals surface area (Å²) < 4.78 is 40.6. The summed E-state index contributed by atoms with van der Waals surface area (Å²) in [6.07, 6.45) is 5.18. The molecule has 0 aliphatic rings. The molecule has 3 N–H and O–H groups in total. The van der Waals surface area contributed by atoms with E-state index >= 15 is 0 Å².